The van der Waals surface area contributed by atoms with Crippen LogP contribution in [-0.2, 0) is 4.79 Å². The molecule has 0 spiro atoms. The quantitative estimate of drug-likeness (QED) is 0.692. The smallest absolute Gasteiger partial charge is 0.177 e. The number of hydrogen-bond acceptors (Lipinski definition) is 1. The highest BCUT2D eigenvalue weighted by Crippen LogP contribution is 2.16. The second kappa shape index (κ2) is 8.66. The monoisotopic (exact) mass is 216 g/mol. The van der Waals surface area contributed by atoms with Crippen LogP contribution in [0.2, 0.25) is 0 Å². The van der Waals surface area contributed by atoms with Crippen LogP contribution in [0.4, 0.5) is 0 Å². The summed E-state index contributed by atoms with van der Waals surface area (Å²) in [6.45, 7) is 10.9. The third kappa shape index (κ3) is 5.97. The summed E-state index contributed by atoms with van der Waals surface area (Å²) in [5.41, 5.74) is 1.45. The van der Waals surface area contributed by atoms with Gasteiger partial charge in [-0.1, -0.05) is 57.3 Å². The molecule has 0 N–H and O–H groups in total. The van der Waals surface area contributed by atoms with Crippen molar-refractivity contribution in [2.45, 2.75) is 26.2 Å². The average Bonchev–Trinajstić information content (AvgIpc) is 2.38. The summed E-state index contributed by atoms with van der Waals surface area (Å²) in [7, 11) is 0. The number of hydrogen-bond donors (Lipinski definition) is 0. The molecule has 0 aromatic heterocycles. The van der Waals surface area contributed by atoms with Crippen molar-refractivity contribution in [2.75, 3.05) is 0 Å². The molecule has 1 rings (SSSR count). The summed E-state index contributed by atoms with van der Waals surface area (Å²) in [5.74, 6) is 0.580. The first kappa shape index (κ1) is 14.4. The third-order valence-corrected chi connectivity index (χ3v) is 2.38. The van der Waals surface area contributed by atoms with Gasteiger partial charge in [-0.25, -0.2) is 0 Å². The maximum absolute atomic E-state index is 9.94. The average molecular weight is 216 g/mol. The predicted molar refractivity (Wildman–Crippen MR) is 70.5 cm³/mol. The molecular weight excluding hydrogens is 196 g/mol. The summed E-state index contributed by atoms with van der Waals surface area (Å²) in [6, 6.07) is 10.6. The summed E-state index contributed by atoms with van der Waals surface area (Å²) in [5, 5.41) is 0. The Morgan fingerprint density at radius 3 is 2.06 bits per heavy atom. The van der Waals surface area contributed by atoms with Gasteiger partial charge in [0.25, 0.3) is 0 Å². The molecule has 0 aliphatic carbocycles. The zero-order chi connectivity index (χ0) is 12.4. The van der Waals surface area contributed by atoms with Gasteiger partial charge < -0.3 is 0 Å². The summed E-state index contributed by atoms with van der Waals surface area (Å²) >= 11 is 0. The molecule has 1 aromatic rings. The summed E-state index contributed by atoms with van der Waals surface area (Å²) < 4.78 is 0. The molecule has 0 heterocycles. The van der Waals surface area contributed by atoms with E-state index in [1.165, 1.54) is 24.1 Å². The fourth-order valence-electron chi connectivity index (χ4n) is 1.10. The van der Waals surface area contributed by atoms with Crippen LogP contribution in [0.25, 0.3) is 0 Å². The van der Waals surface area contributed by atoms with Crippen LogP contribution in [0, 0.1) is 0 Å². The molecule has 0 radical (unpaired) electrons. The van der Waals surface area contributed by atoms with Crippen LogP contribution in [0.5, 0.6) is 0 Å². The van der Waals surface area contributed by atoms with E-state index in [2.05, 4.69) is 57.3 Å². The zero-order valence-corrected chi connectivity index (χ0v) is 10.1. The van der Waals surface area contributed by atoms with Crippen molar-refractivity contribution < 1.29 is 4.79 Å². The highest BCUT2D eigenvalue weighted by Gasteiger charge is 1.98. The molecule has 16 heavy (non-hydrogen) atoms. The van der Waals surface area contributed by atoms with Gasteiger partial charge in [-0.05, 0) is 30.1 Å². The molecule has 0 saturated carbocycles. The Morgan fingerprint density at radius 2 is 1.75 bits per heavy atom. The Balaban J connectivity index is 0.000000325. The lowest BCUT2D eigenvalue weighted by atomic mass is 9.99. The fourth-order valence-corrected chi connectivity index (χ4v) is 1.10. The fraction of sp³-hybridized carbons (Fsp3) is 0.267. The molecule has 0 aliphatic heterocycles. The molecule has 0 amide bonds. The van der Waals surface area contributed by atoms with Gasteiger partial charge in [0, 0.05) is 0 Å². The number of rotatable bonds is 4. The second-order valence-corrected chi connectivity index (χ2v) is 3.53. The molecule has 1 nitrogen and oxygen atoms in total. The Kier molecular flexibility index (Phi) is 7.78. The lowest BCUT2D eigenvalue weighted by Crippen LogP contribution is -1.88. The predicted octanol–water partition coefficient (Wildman–Crippen LogP) is 4.13. The van der Waals surface area contributed by atoms with Crippen LogP contribution in [0.1, 0.15) is 31.7 Å². The number of allylic oxidation sites excluding steroid dienone is 2. The van der Waals surface area contributed by atoms with Crippen LogP contribution in [0.15, 0.2) is 55.6 Å². The van der Waals surface area contributed by atoms with Gasteiger partial charge in [0.1, 0.15) is 0 Å². The van der Waals surface area contributed by atoms with Crippen LogP contribution in [0.3, 0.4) is 0 Å². The second-order valence-electron chi connectivity index (χ2n) is 3.53. The maximum atomic E-state index is 9.94. The van der Waals surface area contributed by atoms with Crippen molar-refractivity contribution in [3.05, 3.63) is 61.2 Å². The van der Waals surface area contributed by atoms with E-state index < -0.39 is 0 Å². The van der Waals surface area contributed by atoms with E-state index in [0.29, 0.717) is 5.92 Å². The molecule has 1 unspecified atom stereocenters. The molecule has 86 valence electrons. The van der Waals surface area contributed by atoms with Gasteiger partial charge in [-0.3, -0.25) is 4.79 Å². The van der Waals surface area contributed by atoms with E-state index in [9.17, 15) is 4.79 Å². The van der Waals surface area contributed by atoms with Crippen LogP contribution < -0.4 is 0 Å². The Labute approximate surface area is 98.5 Å². The van der Waals surface area contributed by atoms with Gasteiger partial charge in [0.05, 0.1) is 0 Å². The standard InChI is InChI=1S/C10H14.C5H6O/c1-3-9(2)10-7-5-4-6-8-10;1-3-5(6)4-2/h4-9H,3H2,1-2H3;3-4H,1-2H2. The number of ketones is 1. The van der Waals surface area contributed by atoms with Gasteiger partial charge in [0.15, 0.2) is 5.78 Å². The van der Waals surface area contributed by atoms with E-state index in [4.69, 9.17) is 0 Å². The first-order valence-electron chi connectivity index (χ1n) is 5.49. The first-order chi connectivity index (χ1) is 7.65. The number of benzene rings is 1. The highest BCUT2D eigenvalue weighted by molar-refractivity contribution is 5.98. The molecule has 0 fully saturated rings. The molecule has 0 aliphatic rings. The van der Waals surface area contributed by atoms with Crippen molar-refractivity contribution in [3.8, 4) is 0 Å². The number of carbonyl (C=O) groups excluding carboxylic acids is 1. The number of carbonyl (C=O) groups is 1. The van der Waals surface area contributed by atoms with E-state index in [0.717, 1.165) is 0 Å². The van der Waals surface area contributed by atoms with Crippen LogP contribution >= 0.6 is 0 Å². The molecule has 1 atom stereocenters. The van der Waals surface area contributed by atoms with Gasteiger partial charge in [-0.15, -0.1) is 0 Å². The molecular formula is C15H20O. The minimum Gasteiger partial charge on any atom is -0.290 e. The van der Waals surface area contributed by atoms with Gasteiger partial charge in [0.2, 0.25) is 0 Å². The lowest BCUT2D eigenvalue weighted by Gasteiger charge is -2.06. The van der Waals surface area contributed by atoms with E-state index in [-0.39, 0.29) is 5.78 Å². The van der Waals surface area contributed by atoms with Crippen molar-refractivity contribution in [1.29, 1.82) is 0 Å². The van der Waals surface area contributed by atoms with Crippen molar-refractivity contribution in [1.82, 2.24) is 0 Å². The topological polar surface area (TPSA) is 17.1 Å². The minimum atomic E-state index is -0.130. The van der Waals surface area contributed by atoms with E-state index in [1.54, 1.807) is 0 Å². The molecule has 1 heteroatoms. The third-order valence-electron chi connectivity index (χ3n) is 2.38. The van der Waals surface area contributed by atoms with E-state index in [1.807, 2.05) is 0 Å². The Morgan fingerprint density at radius 1 is 1.25 bits per heavy atom. The van der Waals surface area contributed by atoms with Crippen molar-refractivity contribution in [3.63, 3.8) is 0 Å². The molecule has 0 bridgehead atoms. The normalized spacial score (nSPS) is 10.6. The Hall–Kier alpha value is -1.63. The molecule has 1 aromatic carbocycles. The lowest BCUT2D eigenvalue weighted by molar-refractivity contribution is -0.110. The van der Waals surface area contributed by atoms with Gasteiger partial charge in [-0.2, -0.15) is 0 Å². The minimum absolute atomic E-state index is 0.130. The van der Waals surface area contributed by atoms with Crippen molar-refractivity contribution >= 4 is 5.78 Å². The van der Waals surface area contributed by atoms with Gasteiger partial charge >= 0.3 is 0 Å². The van der Waals surface area contributed by atoms with Crippen LogP contribution in [-0.4, -0.2) is 5.78 Å². The highest BCUT2D eigenvalue weighted by atomic mass is 16.1. The zero-order valence-electron chi connectivity index (χ0n) is 10.1. The largest absolute Gasteiger partial charge is 0.290 e. The first-order valence-corrected chi connectivity index (χ1v) is 5.49. The van der Waals surface area contributed by atoms with Crippen molar-refractivity contribution in [2.24, 2.45) is 0 Å². The maximum Gasteiger partial charge on any atom is 0.177 e. The summed E-state index contributed by atoms with van der Waals surface area (Å²) in [4.78, 5) is 9.94. The Bertz CT molecular complexity index is 315. The van der Waals surface area contributed by atoms with E-state index >= 15 is 0 Å². The SMILES string of the molecule is C=CC(=O)C=C.CCC(C)c1ccccc1. The molecule has 0 saturated heterocycles. The summed E-state index contributed by atoms with van der Waals surface area (Å²) in [6.07, 6.45) is 3.66.